The SMILES string of the molecule is CC/C=C\C/C=C\C/C=C\C/C=C\C/C=C\CCCCCCCCCCCCCCCCCCCC(=O)OCC(COC(=O)CCCCC/C=C\C/C=C\C/C=C\CC)OC(=O)CCCCCCC/C=C\C/C=C\CCCCCC. The van der Waals surface area contributed by atoms with E-state index in [2.05, 4.69) is 142 Å². The lowest BCUT2D eigenvalue weighted by atomic mass is 10.0. The highest BCUT2D eigenvalue weighted by Crippen LogP contribution is 2.16. The number of allylic oxidation sites excluding steroid dienone is 20. The van der Waals surface area contributed by atoms with Crippen LogP contribution in [0.15, 0.2) is 122 Å². The summed E-state index contributed by atoms with van der Waals surface area (Å²) < 4.78 is 16.9. The molecule has 1 unspecified atom stereocenters. The molecular weight excluding hydrogens is 985 g/mol. The molecule has 6 heteroatoms. The second-order valence-electron chi connectivity index (χ2n) is 22.0. The number of carbonyl (C=O) groups excluding carboxylic acids is 3. The van der Waals surface area contributed by atoms with E-state index in [-0.39, 0.29) is 31.1 Å². The highest BCUT2D eigenvalue weighted by Gasteiger charge is 2.19. The zero-order chi connectivity index (χ0) is 57.8. The average molecular weight is 1110 g/mol. The fraction of sp³-hybridized carbons (Fsp3) is 0.689. The highest BCUT2D eigenvalue weighted by molar-refractivity contribution is 5.71. The molecule has 0 aromatic rings. The van der Waals surface area contributed by atoms with E-state index in [1.807, 2.05) is 0 Å². The molecule has 0 saturated carbocycles. The largest absolute Gasteiger partial charge is 0.462 e. The Morgan fingerprint density at radius 1 is 0.263 bits per heavy atom. The van der Waals surface area contributed by atoms with Crippen molar-refractivity contribution in [1.29, 1.82) is 0 Å². The molecule has 6 nitrogen and oxygen atoms in total. The number of hydrogen-bond donors (Lipinski definition) is 0. The number of ether oxygens (including phenoxy) is 3. The summed E-state index contributed by atoms with van der Waals surface area (Å²) in [5.41, 5.74) is 0. The molecule has 0 N–H and O–H groups in total. The van der Waals surface area contributed by atoms with E-state index in [4.69, 9.17) is 14.2 Å². The Morgan fingerprint density at radius 3 is 0.775 bits per heavy atom. The minimum Gasteiger partial charge on any atom is -0.462 e. The summed E-state index contributed by atoms with van der Waals surface area (Å²) in [7, 11) is 0. The van der Waals surface area contributed by atoms with E-state index in [0.717, 1.165) is 141 Å². The van der Waals surface area contributed by atoms with Crippen molar-refractivity contribution < 1.29 is 28.6 Å². The molecule has 0 bridgehead atoms. The van der Waals surface area contributed by atoms with Crippen LogP contribution < -0.4 is 0 Å². The molecule has 0 aromatic heterocycles. The van der Waals surface area contributed by atoms with Crippen molar-refractivity contribution in [2.45, 2.75) is 316 Å². The smallest absolute Gasteiger partial charge is 0.306 e. The van der Waals surface area contributed by atoms with Crippen LogP contribution in [0.4, 0.5) is 0 Å². The Bertz CT molecular complexity index is 1650. The van der Waals surface area contributed by atoms with Gasteiger partial charge in [0.15, 0.2) is 6.10 Å². The van der Waals surface area contributed by atoms with Crippen LogP contribution in [0.25, 0.3) is 0 Å². The third-order valence-corrected chi connectivity index (χ3v) is 14.2. The number of carbonyl (C=O) groups is 3. The average Bonchev–Trinajstić information content (AvgIpc) is 3.46. The third-order valence-electron chi connectivity index (χ3n) is 14.2. The molecular formula is C74H124O6. The van der Waals surface area contributed by atoms with Crippen molar-refractivity contribution in [3.8, 4) is 0 Å². The van der Waals surface area contributed by atoms with E-state index < -0.39 is 6.10 Å². The number of unbranched alkanes of at least 4 members (excludes halogenated alkanes) is 29. The monoisotopic (exact) mass is 1110 g/mol. The Balaban J connectivity index is 4.20. The van der Waals surface area contributed by atoms with Crippen LogP contribution in [-0.4, -0.2) is 37.2 Å². The summed E-state index contributed by atoms with van der Waals surface area (Å²) in [5.74, 6) is -0.930. The first-order valence-corrected chi connectivity index (χ1v) is 33.5. The van der Waals surface area contributed by atoms with Gasteiger partial charge in [-0.25, -0.2) is 0 Å². The van der Waals surface area contributed by atoms with Crippen LogP contribution in [0.1, 0.15) is 310 Å². The van der Waals surface area contributed by atoms with Gasteiger partial charge in [-0.1, -0.05) is 284 Å². The first kappa shape index (κ1) is 75.8. The molecule has 0 radical (unpaired) electrons. The lowest BCUT2D eigenvalue weighted by Gasteiger charge is -2.18. The maximum Gasteiger partial charge on any atom is 0.306 e. The van der Waals surface area contributed by atoms with Gasteiger partial charge in [-0.05, 0) is 128 Å². The van der Waals surface area contributed by atoms with Crippen LogP contribution in [0.3, 0.4) is 0 Å². The van der Waals surface area contributed by atoms with Gasteiger partial charge in [-0.3, -0.25) is 14.4 Å². The Hall–Kier alpha value is -4.19. The van der Waals surface area contributed by atoms with Gasteiger partial charge in [0.2, 0.25) is 0 Å². The molecule has 0 amide bonds. The van der Waals surface area contributed by atoms with Crippen molar-refractivity contribution in [2.75, 3.05) is 13.2 Å². The molecule has 456 valence electrons. The topological polar surface area (TPSA) is 78.9 Å². The zero-order valence-corrected chi connectivity index (χ0v) is 52.3. The quantitative estimate of drug-likeness (QED) is 0.0261. The fourth-order valence-electron chi connectivity index (χ4n) is 9.22. The summed E-state index contributed by atoms with van der Waals surface area (Å²) in [4.78, 5) is 38.3. The van der Waals surface area contributed by atoms with Gasteiger partial charge in [-0.2, -0.15) is 0 Å². The minimum absolute atomic E-state index is 0.0927. The van der Waals surface area contributed by atoms with Crippen molar-refractivity contribution in [3.63, 3.8) is 0 Å². The van der Waals surface area contributed by atoms with Crippen LogP contribution in [0.5, 0.6) is 0 Å². The minimum atomic E-state index is -0.799. The standard InChI is InChI=1S/C74H124O6/c1-4-7-10-13-16-19-22-25-27-29-30-31-32-33-34-35-36-37-38-39-40-41-42-43-44-45-47-49-52-55-58-61-64-67-73(76)79-70-71(69-78-72(75)66-63-60-57-54-51-48-24-21-18-15-12-9-6-3)80-74(77)68-65-62-59-56-53-50-46-28-26-23-20-17-14-11-8-5-2/h7,9-10,12,16,18-21,23,25,27-28,30-31,33-34,46,48,51,71H,4-6,8,11,13-15,17,22,24,26,29,32,35-45,47,49-50,52-70H2,1-3H3/b10-7-,12-9-,19-16-,21-18-,23-20-,27-25-,31-30-,34-33-,46-28-,51-48-. The highest BCUT2D eigenvalue weighted by atomic mass is 16.6. The van der Waals surface area contributed by atoms with E-state index >= 15 is 0 Å². The molecule has 0 rings (SSSR count). The van der Waals surface area contributed by atoms with Gasteiger partial charge in [-0.15, -0.1) is 0 Å². The van der Waals surface area contributed by atoms with Crippen molar-refractivity contribution in [2.24, 2.45) is 0 Å². The molecule has 0 aliphatic heterocycles. The predicted octanol–water partition coefficient (Wildman–Crippen LogP) is 23.2. The summed E-state index contributed by atoms with van der Waals surface area (Å²) in [6.07, 6.45) is 93.7. The first-order chi connectivity index (χ1) is 39.5. The van der Waals surface area contributed by atoms with Gasteiger partial charge in [0.1, 0.15) is 13.2 Å². The van der Waals surface area contributed by atoms with Crippen molar-refractivity contribution >= 4 is 17.9 Å². The van der Waals surface area contributed by atoms with Crippen LogP contribution in [0.2, 0.25) is 0 Å². The molecule has 0 fully saturated rings. The van der Waals surface area contributed by atoms with E-state index in [9.17, 15) is 14.4 Å². The Morgan fingerprint density at radius 2 is 0.487 bits per heavy atom. The normalized spacial score (nSPS) is 12.9. The number of hydrogen-bond acceptors (Lipinski definition) is 6. The van der Waals surface area contributed by atoms with Crippen LogP contribution in [-0.2, 0) is 28.6 Å². The van der Waals surface area contributed by atoms with Gasteiger partial charge in [0, 0.05) is 19.3 Å². The Labute approximate surface area is 494 Å². The number of esters is 3. The molecule has 0 aliphatic carbocycles. The van der Waals surface area contributed by atoms with Crippen molar-refractivity contribution in [3.05, 3.63) is 122 Å². The lowest BCUT2D eigenvalue weighted by Crippen LogP contribution is -2.30. The van der Waals surface area contributed by atoms with E-state index in [1.165, 1.54) is 128 Å². The predicted molar refractivity (Wildman–Crippen MR) is 348 cm³/mol. The second-order valence-corrected chi connectivity index (χ2v) is 22.0. The second kappa shape index (κ2) is 67.3. The number of rotatable bonds is 60. The van der Waals surface area contributed by atoms with Gasteiger partial charge < -0.3 is 14.2 Å². The van der Waals surface area contributed by atoms with E-state index in [0.29, 0.717) is 19.3 Å². The summed E-state index contributed by atoms with van der Waals surface area (Å²) in [5, 5.41) is 0. The summed E-state index contributed by atoms with van der Waals surface area (Å²) >= 11 is 0. The molecule has 1 atom stereocenters. The zero-order valence-electron chi connectivity index (χ0n) is 52.3. The molecule has 0 spiro atoms. The maximum atomic E-state index is 12.9. The summed E-state index contributed by atoms with van der Waals surface area (Å²) in [6.45, 7) is 6.37. The molecule has 0 aliphatic rings. The molecule has 0 aromatic carbocycles. The van der Waals surface area contributed by atoms with Crippen LogP contribution in [0, 0.1) is 0 Å². The first-order valence-electron chi connectivity index (χ1n) is 33.5. The Kier molecular flexibility index (Phi) is 63.8. The molecule has 0 saturated heterocycles. The van der Waals surface area contributed by atoms with Gasteiger partial charge in [0.05, 0.1) is 0 Å². The van der Waals surface area contributed by atoms with Gasteiger partial charge >= 0.3 is 17.9 Å². The van der Waals surface area contributed by atoms with Gasteiger partial charge in [0.25, 0.3) is 0 Å². The maximum absolute atomic E-state index is 12.9. The van der Waals surface area contributed by atoms with Crippen LogP contribution >= 0.6 is 0 Å². The fourth-order valence-corrected chi connectivity index (χ4v) is 9.22. The molecule has 80 heavy (non-hydrogen) atoms. The van der Waals surface area contributed by atoms with E-state index in [1.54, 1.807) is 0 Å². The van der Waals surface area contributed by atoms with Crippen molar-refractivity contribution in [1.82, 2.24) is 0 Å². The lowest BCUT2D eigenvalue weighted by molar-refractivity contribution is -0.167. The molecule has 0 heterocycles. The third kappa shape index (κ3) is 64.6. The summed E-state index contributed by atoms with van der Waals surface area (Å²) in [6, 6.07) is 0.